The van der Waals surface area contributed by atoms with Crippen molar-refractivity contribution in [3.05, 3.63) is 64.7 Å². The van der Waals surface area contributed by atoms with E-state index in [0.717, 1.165) is 17.7 Å². The summed E-state index contributed by atoms with van der Waals surface area (Å²) in [7, 11) is 0. The lowest BCUT2D eigenvalue weighted by atomic mass is 10.1. The largest absolute Gasteiger partial charge is 0.331 e. The molecule has 6 heteroatoms. The van der Waals surface area contributed by atoms with E-state index in [1.165, 1.54) is 5.56 Å². The van der Waals surface area contributed by atoms with Crippen LogP contribution in [-0.2, 0) is 17.6 Å². The second kappa shape index (κ2) is 9.25. The second-order valence-corrected chi connectivity index (χ2v) is 6.15. The molecule has 0 aliphatic carbocycles. The molecule has 24 heavy (non-hydrogen) atoms. The van der Waals surface area contributed by atoms with Crippen LogP contribution >= 0.6 is 23.8 Å². The predicted molar refractivity (Wildman–Crippen MR) is 103 cm³/mol. The fourth-order valence-corrected chi connectivity index (χ4v) is 2.38. The Bertz CT molecular complexity index is 686. The highest BCUT2D eigenvalue weighted by molar-refractivity contribution is 7.80. The van der Waals surface area contributed by atoms with Crippen molar-refractivity contribution >= 4 is 40.5 Å². The highest BCUT2D eigenvalue weighted by Gasteiger charge is 2.04. The molecule has 0 heterocycles. The molecule has 0 aromatic heterocycles. The molecule has 2 aromatic carbocycles. The number of carbonyl (C=O) groups excluding carboxylic acids is 1. The number of anilines is 1. The SMILES string of the molecule is CCc1ccc(CCC(=O)NNC(=S)Nc2ccc(Cl)cc2)cc1. The molecule has 126 valence electrons. The number of rotatable bonds is 5. The van der Waals surface area contributed by atoms with Crippen molar-refractivity contribution in [3.63, 3.8) is 0 Å². The average Bonchev–Trinajstić information content (AvgIpc) is 2.60. The third kappa shape index (κ3) is 6.18. The summed E-state index contributed by atoms with van der Waals surface area (Å²) < 4.78 is 0. The maximum atomic E-state index is 11.9. The molecule has 0 unspecified atom stereocenters. The predicted octanol–water partition coefficient (Wildman–Crippen LogP) is 3.85. The van der Waals surface area contributed by atoms with Crippen LogP contribution in [0.4, 0.5) is 5.69 Å². The summed E-state index contributed by atoms with van der Waals surface area (Å²) in [6.07, 6.45) is 2.10. The quantitative estimate of drug-likeness (QED) is 0.559. The first kappa shape index (κ1) is 18.2. The maximum Gasteiger partial charge on any atom is 0.238 e. The molecule has 0 spiro atoms. The van der Waals surface area contributed by atoms with Gasteiger partial charge in [-0.25, -0.2) is 0 Å². The van der Waals surface area contributed by atoms with Gasteiger partial charge in [-0.3, -0.25) is 15.6 Å². The van der Waals surface area contributed by atoms with Crippen LogP contribution in [0.3, 0.4) is 0 Å². The van der Waals surface area contributed by atoms with Crippen LogP contribution in [0.5, 0.6) is 0 Å². The average molecular weight is 362 g/mol. The number of benzene rings is 2. The van der Waals surface area contributed by atoms with Crippen LogP contribution in [0, 0.1) is 0 Å². The molecule has 0 saturated carbocycles. The van der Waals surface area contributed by atoms with Crippen LogP contribution in [0.1, 0.15) is 24.5 Å². The molecule has 0 fully saturated rings. The number of halogens is 1. The summed E-state index contributed by atoms with van der Waals surface area (Å²) in [5.74, 6) is -0.116. The van der Waals surface area contributed by atoms with Crippen molar-refractivity contribution in [1.29, 1.82) is 0 Å². The number of amides is 1. The lowest BCUT2D eigenvalue weighted by Crippen LogP contribution is -2.43. The molecule has 1 amide bonds. The van der Waals surface area contributed by atoms with Crippen molar-refractivity contribution < 1.29 is 4.79 Å². The van der Waals surface area contributed by atoms with Crippen molar-refractivity contribution in [2.24, 2.45) is 0 Å². The molecule has 0 bridgehead atoms. The Morgan fingerprint density at radius 2 is 1.62 bits per heavy atom. The topological polar surface area (TPSA) is 53.2 Å². The Labute approximate surface area is 152 Å². The van der Waals surface area contributed by atoms with E-state index in [4.69, 9.17) is 23.8 Å². The van der Waals surface area contributed by atoms with Crippen LogP contribution in [-0.4, -0.2) is 11.0 Å². The molecule has 2 rings (SSSR count). The number of hydrazine groups is 1. The Balaban J connectivity index is 1.70. The molecule has 0 atom stereocenters. The zero-order valence-corrected chi connectivity index (χ0v) is 15.0. The lowest BCUT2D eigenvalue weighted by molar-refractivity contribution is -0.121. The van der Waals surface area contributed by atoms with Gasteiger partial charge in [0.15, 0.2) is 5.11 Å². The first-order valence-corrected chi connectivity index (χ1v) is 8.54. The molecule has 0 aliphatic rings. The van der Waals surface area contributed by atoms with E-state index < -0.39 is 0 Å². The zero-order chi connectivity index (χ0) is 17.4. The van der Waals surface area contributed by atoms with E-state index in [1.807, 2.05) is 0 Å². The Morgan fingerprint density at radius 3 is 2.25 bits per heavy atom. The molecule has 0 saturated heterocycles. The Kier molecular flexibility index (Phi) is 7.03. The molecule has 3 N–H and O–H groups in total. The second-order valence-electron chi connectivity index (χ2n) is 5.30. The Morgan fingerprint density at radius 1 is 1.00 bits per heavy atom. The monoisotopic (exact) mass is 361 g/mol. The number of carbonyl (C=O) groups is 1. The van der Waals surface area contributed by atoms with Gasteiger partial charge in [0.2, 0.25) is 5.91 Å². The summed E-state index contributed by atoms with van der Waals surface area (Å²) in [6.45, 7) is 2.12. The van der Waals surface area contributed by atoms with Gasteiger partial charge in [0, 0.05) is 17.1 Å². The van der Waals surface area contributed by atoms with Gasteiger partial charge < -0.3 is 5.32 Å². The standard InChI is InChI=1S/C18H20ClN3OS/c1-2-13-3-5-14(6-4-13)7-12-17(23)21-22-18(24)20-16-10-8-15(19)9-11-16/h3-6,8-11H,2,7,12H2,1H3,(H,21,23)(H2,20,22,24). The number of hydrogen-bond donors (Lipinski definition) is 3. The van der Waals surface area contributed by atoms with Crippen LogP contribution in [0.25, 0.3) is 0 Å². The number of aryl methyl sites for hydroxylation is 2. The van der Waals surface area contributed by atoms with Gasteiger partial charge in [-0.2, -0.15) is 0 Å². The fourth-order valence-electron chi connectivity index (χ4n) is 2.08. The third-order valence-electron chi connectivity index (χ3n) is 3.49. The minimum absolute atomic E-state index is 0.116. The molecule has 0 radical (unpaired) electrons. The van der Waals surface area contributed by atoms with E-state index >= 15 is 0 Å². The van der Waals surface area contributed by atoms with Crippen LogP contribution in [0.15, 0.2) is 48.5 Å². The van der Waals surface area contributed by atoms with E-state index in [2.05, 4.69) is 47.4 Å². The van der Waals surface area contributed by atoms with Crippen molar-refractivity contribution in [2.75, 3.05) is 5.32 Å². The molecule has 2 aromatic rings. The number of thiocarbonyl (C=S) groups is 1. The maximum absolute atomic E-state index is 11.9. The van der Waals surface area contributed by atoms with Gasteiger partial charge >= 0.3 is 0 Å². The Hall–Kier alpha value is -2.11. The van der Waals surface area contributed by atoms with Gasteiger partial charge in [0.1, 0.15) is 0 Å². The summed E-state index contributed by atoms with van der Waals surface area (Å²) in [4.78, 5) is 11.9. The van der Waals surface area contributed by atoms with Gasteiger partial charge in [0.05, 0.1) is 0 Å². The minimum Gasteiger partial charge on any atom is -0.331 e. The molecule has 4 nitrogen and oxygen atoms in total. The van der Waals surface area contributed by atoms with Crippen molar-refractivity contribution in [2.45, 2.75) is 26.2 Å². The molecular weight excluding hydrogens is 342 g/mol. The van der Waals surface area contributed by atoms with Crippen molar-refractivity contribution in [3.8, 4) is 0 Å². The normalized spacial score (nSPS) is 10.1. The van der Waals surface area contributed by atoms with Gasteiger partial charge in [-0.15, -0.1) is 0 Å². The molecular formula is C18H20ClN3OS. The number of nitrogens with one attached hydrogen (secondary N) is 3. The van der Waals surface area contributed by atoms with Gasteiger partial charge in [0.25, 0.3) is 0 Å². The first-order valence-electron chi connectivity index (χ1n) is 7.76. The summed E-state index contributed by atoms with van der Waals surface area (Å²) in [5, 5.41) is 3.93. The lowest BCUT2D eigenvalue weighted by Gasteiger charge is -2.11. The summed E-state index contributed by atoms with van der Waals surface area (Å²) in [5.41, 5.74) is 8.51. The van der Waals surface area contributed by atoms with E-state index in [0.29, 0.717) is 23.0 Å². The van der Waals surface area contributed by atoms with Gasteiger partial charge in [-0.1, -0.05) is 42.8 Å². The van der Waals surface area contributed by atoms with Gasteiger partial charge in [-0.05, 0) is 60.5 Å². The van der Waals surface area contributed by atoms with Crippen molar-refractivity contribution in [1.82, 2.24) is 10.9 Å². The highest BCUT2D eigenvalue weighted by Crippen LogP contribution is 2.13. The summed E-state index contributed by atoms with van der Waals surface area (Å²) >= 11 is 10.9. The third-order valence-corrected chi connectivity index (χ3v) is 3.95. The van der Waals surface area contributed by atoms with Crippen LogP contribution < -0.4 is 16.2 Å². The van der Waals surface area contributed by atoms with E-state index in [-0.39, 0.29) is 5.91 Å². The zero-order valence-electron chi connectivity index (χ0n) is 13.4. The smallest absolute Gasteiger partial charge is 0.238 e. The molecule has 0 aliphatic heterocycles. The fraction of sp³-hybridized carbons (Fsp3) is 0.222. The number of hydrogen-bond acceptors (Lipinski definition) is 2. The van der Waals surface area contributed by atoms with E-state index in [9.17, 15) is 4.79 Å². The summed E-state index contributed by atoms with van der Waals surface area (Å²) in [6, 6.07) is 15.4. The first-order chi connectivity index (χ1) is 11.6. The minimum atomic E-state index is -0.116. The highest BCUT2D eigenvalue weighted by atomic mass is 35.5. The van der Waals surface area contributed by atoms with Crippen LogP contribution in [0.2, 0.25) is 5.02 Å². The van der Waals surface area contributed by atoms with E-state index in [1.54, 1.807) is 24.3 Å².